The number of halogens is 1. The molecule has 2 atom stereocenters. The maximum Gasteiger partial charge on any atom is 0.257 e. The third-order valence-corrected chi connectivity index (χ3v) is 6.71. The van der Waals surface area contributed by atoms with Gasteiger partial charge in [0, 0.05) is 37.7 Å². The van der Waals surface area contributed by atoms with Crippen molar-refractivity contribution in [3.8, 4) is 0 Å². The highest BCUT2D eigenvalue weighted by molar-refractivity contribution is 6.29. The number of anilines is 1. The first-order chi connectivity index (χ1) is 15.5. The number of benzene rings is 2. The fourth-order valence-corrected chi connectivity index (χ4v) is 4.96. The van der Waals surface area contributed by atoms with Gasteiger partial charge in [-0.25, -0.2) is 4.98 Å². The van der Waals surface area contributed by atoms with Crippen LogP contribution in [-0.2, 0) is 11.2 Å². The molecule has 0 bridgehead atoms. The van der Waals surface area contributed by atoms with Crippen LogP contribution in [0.5, 0.6) is 0 Å². The van der Waals surface area contributed by atoms with Crippen LogP contribution in [0.2, 0.25) is 5.15 Å². The second kappa shape index (κ2) is 8.70. The predicted molar refractivity (Wildman–Crippen MR) is 125 cm³/mol. The molecule has 5 rings (SSSR count). The lowest BCUT2D eigenvalue weighted by Gasteiger charge is -2.40. The number of nitrogens with zero attached hydrogens (tertiary/aromatic N) is 3. The van der Waals surface area contributed by atoms with Crippen LogP contribution < -0.4 is 4.90 Å². The van der Waals surface area contributed by atoms with Gasteiger partial charge in [-0.1, -0.05) is 41.9 Å². The molecule has 1 fully saturated rings. The summed E-state index contributed by atoms with van der Waals surface area (Å²) in [5.74, 6) is 0.0424. The Morgan fingerprint density at radius 3 is 2.78 bits per heavy atom. The Morgan fingerprint density at radius 1 is 1.22 bits per heavy atom. The van der Waals surface area contributed by atoms with E-state index in [2.05, 4.69) is 22.0 Å². The fourth-order valence-electron chi connectivity index (χ4n) is 4.85. The molecule has 1 N–H and O–H groups in total. The quantitative estimate of drug-likeness (QED) is 0.612. The molecule has 3 aromatic rings. The van der Waals surface area contributed by atoms with Crippen LogP contribution in [0.1, 0.15) is 27.9 Å². The van der Waals surface area contributed by atoms with E-state index in [4.69, 9.17) is 16.3 Å². The van der Waals surface area contributed by atoms with Crippen LogP contribution in [-0.4, -0.2) is 60.5 Å². The molecular weight excluding hydrogens is 426 g/mol. The number of carbonyl (C=O) groups is 1. The minimum absolute atomic E-state index is 0.0121. The van der Waals surface area contributed by atoms with Crippen molar-refractivity contribution in [3.05, 3.63) is 70.5 Å². The molecule has 1 saturated heterocycles. The third kappa shape index (κ3) is 3.94. The van der Waals surface area contributed by atoms with Gasteiger partial charge < -0.3 is 19.6 Å². The van der Waals surface area contributed by atoms with Crippen LogP contribution in [0.3, 0.4) is 0 Å². The SMILES string of the molecule is CN1CN(C[C@H]2CCOC[C@@H]2O)C(=O)c2cc(Cc3ccc(Cl)nc3)c3ccccc3c21. The maximum absolute atomic E-state index is 13.6. The molecule has 32 heavy (non-hydrogen) atoms. The minimum atomic E-state index is -0.534. The number of aliphatic hydroxyl groups excluding tert-OH is 1. The highest BCUT2D eigenvalue weighted by Gasteiger charge is 2.34. The number of carbonyl (C=O) groups excluding carboxylic acids is 1. The van der Waals surface area contributed by atoms with Gasteiger partial charge in [-0.05, 0) is 41.5 Å². The molecule has 2 aliphatic rings. The van der Waals surface area contributed by atoms with Gasteiger partial charge in [-0.15, -0.1) is 0 Å². The van der Waals surface area contributed by atoms with E-state index in [1.807, 2.05) is 36.2 Å². The van der Waals surface area contributed by atoms with E-state index in [9.17, 15) is 9.90 Å². The first kappa shape index (κ1) is 21.2. The molecule has 166 valence electrons. The van der Waals surface area contributed by atoms with Gasteiger partial charge in [0.05, 0.1) is 30.6 Å². The fraction of sp³-hybridized carbons (Fsp3) is 0.360. The number of ether oxygens (including phenoxy) is 1. The Hall–Kier alpha value is -2.67. The first-order valence-corrected chi connectivity index (χ1v) is 11.3. The molecule has 3 heterocycles. The van der Waals surface area contributed by atoms with Crippen molar-refractivity contribution in [1.29, 1.82) is 0 Å². The van der Waals surface area contributed by atoms with Crippen LogP contribution in [0.4, 0.5) is 5.69 Å². The standard InChI is InChI=1S/C25H26ClN3O3/c1-28-15-29(13-17-8-9-32-14-22(17)30)25(31)21-11-18(10-16-6-7-23(26)27-12-16)19-4-2-3-5-20(19)24(21)28/h2-7,11-12,17,22,30H,8-10,13-15H2,1H3/t17-,22+/m1/s1. The smallest absolute Gasteiger partial charge is 0.257 e. The lowest BCUT2D eigenvalue weighted by molar-refractivity contribution is -0.0506. The average Bonchev–Trinajstić information content (AvgIpc) is 2.80. The zero-order valence-electron chi connectivity index (χ0n) is 18.0. The highest BCUT2D eigenvalue weighted by Crippen LogP contribution is 2.37. The molecule has 6 nitrogen and oxygen atoms in total. The summed E-state index contributed by atoms with van der Waals surface area (Å²) in [5.41, 5.74) is 3.79. The van der Waals surface area contributed by atoms with Crippen molar-refractivity contribution >= 4 is 34.0 Å². The molecular formula is C25H26ClN3O3. The Balaban J connectivity index is 1.53. The second-order valence-electron chi connectivity index (χ2n) is 8.70. The van der Waals surface area contributed by atoms with Crippen LogP contribution in [0.25, 0.3) is 10.8 Å². The molecule has 0 unspecified atom stereocenters. The van der Waals surface area contributed by atoms with Crippen molar-refractivity contribution in [3.63, 3.8) is 0 Å². The predicted octanol–water partition coefficient (Wildman–Crippen LogP) is 3.73. The van der Waals surface area contributed by atoms with Crippen molar-refractivity contribution in [2.45, 2.75) is 18.9 Å². The monoisotopic (exact) mass is 451 g/mol. The molecule has 0 spiro atoms. The minimum Gasteiger partial charge on any atom is -0.390 e. The van der Waals surface area contributed by atoms with Gasteiger partial charge in [0.25, 0.3) is 5.91 Å². The largest absolute Gasteiger partial charge is 0.390 e. The second-order valence-corrected chi connectivity index (χ2v) is 9.09. The third-order valence-electron chi connectivity index (χ3n) is 6.49. The number of aliphatic hydroxyl groups is 1. The van der Waals surface area contributed by atoms with Gasteiger partial charge in [0.1, 0.15) is 5.15 Å². The van der Waals surface area contributed by atoms with E-state index in [0.717, 1.165) is 34.0 Å². The van der Waals surface area contributed by atoms with Crippen molar-refractivity contribution < 1.29 is 14.6 Å². The molecule has 0 aliphatic carbocycles. The summed E-state index contributed by atoms with van der Waals surface area (Å²) in [6.45, 7) is 1.99. The van der Waals surface area contributed by atoms with E-state index in [1.54, 1.807) is 12.3 Å². The zero-order valence-corrected chi connectivity index (χ0v) is 18.8. The number of amides is 1. The summed E-state index contributed by atoms with van der Waals surface area (Å²) in [6.07, 6.45) is 2.67. The Kier molecular flexibility index (Phi) is 5.76. The van der Waals surface area contributed by atoms with E-state index in [1.165, 1.54) is 0 Å². The van der Waals surface area contributed by atoms with E-state index in [0.29, 0.717) is 43.6 Å². The molecule has 7 heteroatoms. The van der Waals surface area contributed by atoms with E-state index >= 15 is 0 Å². The number of hydrogen-bond donors (Lipinski definition) is 1. The molecule has 1 amide bonds. The van der Waals surface area contributed by atoms with Crippen molar-refractivity contribution in [2.75, 3.05) is 38.4 Å². The summed E-state index contributed by atoms with van der Waals surface area (Å²) < 4.78 is 5.36. The van der Waals surface area contributed by atoms with Gasteiger partial charge in [0.2, 0.25) is 0 Å². The lowest BCUT2D eigenvalue weighted by Crippen LogP contribution is -2.49. The summed E-state index contributed by atoms with van der Waals surface area (Å²) in [6, 6.07) is 14.0. The average molecular weight is 452 g/mol. The van der Waals surface area contributed by atoms with E-state index < -0.39 is 6.10 Å². The van der Waals surface area contributed by atoms with Crippen LogP contribution in [0.15, 0.2) is 48.7 Å². The van der Waals surface area contributed by atoms with Crippen LogP contribution in [0, 0.1) is 5.92 Å². The Bertz CT molecular complexity index is 1150. The molecule has 2 aliphatic heterocycles. The normalized spacial score (nSPS) is 21.2. The van der Waals surface area contributed by atoms with Gasteiger partial charge >= 0.3 is 0 Å². The number of aromatic nitrogens is 1. The number of hydrogen-bond acceptors (Lipinski definition) is 5. The molecule has 1 aromatic heterocycles. The Labute approximate surface area is 192 Å². The highest BCUT2D eigenvalue weighted by atomic mass is 35.5. The van der Waals surface area contributed by atoms with Gasteiger partial charge in [-0.3, -0.25) is 4.79 Å². The topological polar surface area (TPSA) is 65.9 Å². The zero-order chi connectivity index (χ0) is 22.2. The van der Waals surface area contributed by atoms with Crippen LogP contribution >= 0.6 is 11.6 Å². The maximum atomic E-state index is 13.6. The summed E-state index contributed by atoms with van der Waals surface area (Å²) in [7, 11) is 2.02. The molecule has 0 radical (unpaired) electrons. The number of pyridine rings is 1. The van der Waals surface area contributed by atoms with Crippen molar-refractivity contribution in [2.24, 2.45) is 5.92 Å². The summed E-state index contributed by atoms with van der Waals surface area (Å²) in [5, 5.41) is 13.0. The molecule has 0 saturated carbocycles. The summed E-state index contributed by atoms with van der Waals surface area (Å²) in [4.78, 5) is 21.8. The first-order valence-electron chi connectivity index (χ1n) is 10.9. The number of rotatable bonds is 4. The van der Waals surface area contributed by atoms with Gasteiger partial charge in [-0.2, -0.15) is 0 Å². The summed E-state index contributed by atoms with van der Waals surface area (Å²) >= 11 is 5.95. The van der Waals surface area contributed by atoms with E-state index in [-0.39, 0.29) is 11.8 Å². The van der Waals surface area contributed by atoms with Gasteiger partial charge in [0.15, 0.2) is 0 Å². The Morgan fingerprint density at radius 2 is 2.03 bits per heavy atom. The lowest BCUT2D eigenvalue weighted by atomic mass is 9.92. The van der Waals surface area contributed by atoms with Crippen molar-refractivity contribution in [1.82, 2.24) is 9.88 Å². The number of fused-ring (bicyclic) bond motifs is 3. The molecule has 2 aromatic carbocycles.